The Morgan fingerprint density at radius 3 is 2.73 bits per heavy atom. The summed E-state index contributed by atoms with van der Waals surface area (Å²) in [6, 6.07) is 5.22. The van der Waals surface area contributed by atoms with E-state index in [9.17, 15) is 4.79 Å². The van der Waals surface area contributed by atoms with E-state index in [1.54, 1.807) is 24.4 Å². The summed E-state index contributed by atoms with van der Waals surface area (Å²) in [5, 5.41) is 8.68. The minimum atomic E-state index is -1.19. The van der Waals surface area contributed by atoms with Gasteiger partial charge in [-0.15, -0.1) is 0 Å². The highest BCUT2D eigenvalue weighted by atomic mass is 16.4. The summed E-state index contributed by atoms with van der Waals surface area (Å²) in [5.74, 6) is -1.22. The van der Waals surface area contributed by atoms with Crippen LogP contribution < -0.4 is 0 Å². The monoisotopic (exact) mass is 202 g/mol. The van der Waals surface area contributed by atoms with Gasteiger partial charge in [-0.3, -0.25) is 4.98 Å². The fourth-order valence-electron chi connectivity index (χ4n) is 1.02. The predicted octanol–water partition coefficient (Wildman–Crippen LogP) is 0.632. The lowest BCUT2D eigenvalue weighted by Crippen LogP contribution is -2.06. The number of rotatable bonds is 2. The zero-order chi connectivity index (χ0) is 10.7. The molecule has 2 aromatic heterocycles. The molecule has 2 heterocycles. The Labute approximate surface area is 84.7 Å². The van der Waals surface area contributed by atoms with E-state index in [2.05, 4.69) is 19.9 Å². The van der Waals surface area contributed by atoms with Gasteiger partial charge in [-0.05, 0) is 12.1 Å². The van der Waals surface area contributed by atoms with E-state index >= 15 is 0 Å². The van der Waals surface area contributed by atoms with E-state index < -0.39 is 5.97 Å². The molecule has 0 aromatic carbocycles. The average molecular weight is 202 g/mol. The van der Waals surface area contributed by atoms with Crippen LogP contribution in [0.15, 0.2) is 30.7 Å². The molecule has 0 bridgehead atoms. The summed E-state index contributed by atoms with van der Waals surface area (Å²) in [6.45, 7) is 0. The van der Waals surface area contributed by atoms with Crippen LogP contribution in [-0.2, 0) is 0 Å². The lowest BCUT2D eigenvalue weighted by molar-refractivity contribution is 0.0683. The summed E-state index contributed by atoms with van der Waals surface area (Å²) in [4.78, 5) is 25.7. The molecule has 0 aliphatic rings. The topological polar surface area (TPSA) is 88.9 Å². The molecule has 0 amide bonds. The van der Waals surface area contributed by atoms with Crippen molar-refractivity contribution in [2.75, 3.05) is 0 Å². The van der Waals surface area contributed by atoms with Crippen LogP contribution >= 0.6 is 0 Å². The van der Waals surface area contributed by atoms with Crippen molar-refractivity contribution in [2.45, 2.75) is 0 Å². The first-order valence-corrected chi connectivity index (χ1v) is 4.11. The number of aromatic nitrogens is 4. The molecule has 0 aliphatic heterocycles. The minimum Gasteiger partial charge on any atom is -0.475 e. The van der Waals surface area contributed by atoms with E-state index in [0.29, 0.717) is 5.69 Å². The van der Waals surface area contributed by atoms with Crippen LogP contribution in [-0.4, -0.2) is 31.0 Å². The fourth-order valence-corrected chi connectivity index (χ4v) is 1.02. The number of nitrogens with zero attached hydrogens (tertiary/aromatic N) is 4. The van der Waals surface area contributed by atoms with Crippen molar-refractivity contribution < 1.29 is 9.90 Å². The Morgan fingerprint density at radius 2 is 2.07 bits per heavy atom. The second kappa shape index (κ2) is 3.79. The van der Waals surface area contributed by atoms with Crippen molar-refractivity contribution >= 4 is 5.97 Å². The van der Waals surface area contributed by atoms with E-state index in [0.717, 1.165) is 6.33 Å². The highest BCUT2D eigenvalue weighted by Crippen LogP contribution is 2.08. The van der Waals surface area contributed by atoms with E-state index in [-0.39, 0.29) is 11.6 Å². The van der Waals surface area contributed by atoms with Gasteiger partial charge in [0.15, 0.2) is 5.82 Å². The number of carbonyl (C=O) groups is 1. The van der Waals surface area contributed by atoms with Gasteiger partial charge in [0.05, 0.1) is 0 Å². The third-order valence-corrected chi connectivity index (χ3v) is 1.66. The Morgan fingerprint density at radius 1 is 1.20 bits per heavy atom. The maximum atomic E-state index is 10.6. The summed E-state index contributed by atoms with van der Waals surface area (Å²) >= 11 is 0. The third-order valence-electron chi connectivity index (χ3n) is 1.66. The molecular weight excluding hydrogens is 196 g/mol. The van der Waals surface area contributed by atoms with Crippen LogP contribution in [0.4, 0.5) is 0 Å². The standard InChI is InChI=1S/C9H6N4O2/c14-9(15)8-12-5-11-7(13-8)6-3-1-2-4-10-6/h1-5H,(H,14,15). The molecule has 2 aromatic rings. The molecule has 0 saturated carbocycles. The molecule has 0 atom stereocenters. The van der Waals surface area contributed by atoms with Crippen molar-refractivity contribution in [3.05, 3.63) is 36.5 Å². The number of carboxylic acids is 1. The molecule has 74 valence electrons. The van der Waals surface area contributed by atoms with Gasteiger partial charge in [-0.25, -0.2) is 19.7 Å². The molecule has 15 heavy (non-hydrogen) atoms. The van der Waals surface area contributed by atoms with E-state index in [1.165, 1.54) is 0 Å². The lowest BCUT2D eigenvalue weighted by atomic mass is 10.3. The zero-order valence-electron chi connectivity index (χ0n) is 7.53. The normalized spacial score (nSPS) is 9.87. The Balaban J connectivity index is 2.46. The molecule has 0 spiro atoms. The molecule has 0 unspecified atom stereocenters. The molecule has 6 heteroatoms. The van der Waals surface area contributed by atoms with Crippen LogP contribution in [0.3, 0.4) is 0 Å². The zero-order valence-corrected chi connectivity index (χ0v) is 7.53. The molecular formula is C9H6N4O2. The molecule has 6 nitrogen and oxygen atoms in total. The van der Waals surface area contributed by atoms with Gasteiger partial charge < -0.3 is 5.11 Å². The summed E-state index contributed by atoms with van der Waals surface area (Å²) < 4.78 is 0. The Hall–Kier alpha value is -2.37. The number of hydrogen-bond donors (Lipinski definition) is 1. The maximum absolute atomic E-state index is 10.6. The van der Waals surface area contributed by atoms with Gasteiger partial charge in [0, 0.05) is 6.20 Å². The molecule has 1 N–H and O–H groups in total. The Kier molecular flexibility index (Phi) is 2.32. The van der Waals surface area contributed by atoms with Crippen LogP contribution in [0, 0.1) is 0 Å². The van der Waals surface area contributed by atoms with E-state index in [1.807, 2.05) is 0 Å². The van der Waals surface area contributed by atoms with Gasteiger partial charge in [-0.1, -0.05) is 6.07 Å². The van der Waals surface area contributed by atoms with Crippen LogP contribution in [0.25, 0.3) is 11.5 Å². The number of hydrogen-bond acceptors (Lipinski definition) is 5. The largest absolute Gasteiger partial charge is 0.475 e. The Bertz CT molecular complexity index is 486. The van der Waals surface area contributed by atoms with Crippen molar-refractivity contribution in [1.29, 1.82) is 0 Å². The van der Waals surface area contributed by atoms with Gasteiger partial charge >= 0.3 is 5.97 Å². The summed E-state index contributed by atoms with van der Waals surface area (Å²) in [5.41, 5.74) is 0.516. The second-order valence-electron chi connectivity index (χ2n) is 2.65. The first-order chi connectivity index (χ1) is 7.27. The second-order valence-corrected chi connectivity index (χ2v) is 2.65. The summed E-state index contributed by atoms with van der Waals surface area (Å²) in [7, 11) is 0. The SMILES string of the molecule is O=C(O)c1ncnc(-c2ccccn2)n1. The summed E-state index contributed by atoms with van der Waals surface area (Å²) in [6.07, 6.45) is 2.74. The highest BCUT2D eigenvalue weighted by Gasteiger charge is 2.09. The van der Waals surface area contributed by atoms with Crippen LogP contribution in [0.2, 0.25) is 0 Å². The van der Waals surface area contributed by atoms with Crippen molar-refractivity contribution in [1.82, 2.24) is 19.9 Å². The van der Waals surface area contributed by atoms with E-state index in [4.69, 9.17) is 5.11 Å². The molecule has 0 fully saturated rings. The minimum absolute atomic E-state index is 0.253. The van der Waals surface area contributed by atoms with Gasteiger partial charge in [0.2, 0.25) is 5.82 Å². The van der Waals surface area contributed by atoms with Gasteiger partial charge in [-0.2, -0.15) is 0 Å². The predicted molar refractivity (Wildman–Crippen MR) is 50.0 cm³/mol. The third kappa shape index (κ3) is 1.93. The average Bonchev–Trinajstić information content (AvgIpc) is 2.30. The highest BCUT2D eigenvalue weighted by molar-refractivity contribution is 5.83. The van der Waals surface area contributed by atoms with Crippen LogP contribution in [0.1, 0.15) is 10.6 Å². The first-order valence-electron chi connectivity index (χ1n) is 4.11. The number of aromatic carboxylic acids is 1. The van der Waals surface area contributed by atoms with Gasteiger partial charge in [0.25, 0.3) is 0 Å². The molecule has 0 aliphatic carbocycles. The first kappa shape index (κ1) is 9.20. The lowest BCUT2D eigenvalue weighted by Gasteiger charge is -1.98. The van der Waals surface area contributed by atoms with Crippen LogP contribution in [0.5, 0.6) is 0 Å². The van der Waals surface area contributed by atoms with Crippen molar-refractivity contribution in [2.24, 2.45) is 0 Å². The quantitative estimate of drug-likeness (QED) is 0.768. The molecule has 2 rings (SSSR count). The fraction of sp³-hybridized carbons (Fsp3) is 0. The number of pyridine rings is 1. The smallest absolute Gasteiger partial charge is 0.374 e. The van der Waals surface area contributed by atoms with Crippen molar-refractivity contribution in [3.63, 3.8) is 0 Å². The molecule has 0 radical (unpaired) electrons. The number of carboxylic acid groups (broad SMARTS) is 1. The van der Waals surface area contributed by atoms with Gasteiger partial charge in [0.1, 0.15) is 12.0 Å². The van der Waals surface area contributed by atoms with Crippen molar-refractivity contribution in [3.8, 4) is 11.5 Å². The molecule has 0 saturated heterocycles. The maximum Gasteiger partial charge on any atom is 0.374 e.